The number of ether oxygens (including phenoxy) is 2. The third-order valence-electron chi connectivity index (χ3n) is 2.92. The SMILES string of the molecule is O=[N+]([O-])c1c(C=Nc2ccccc2F)ccc2c1OCO2. The molecule has 106 valence electrons. The fraction of sp³-hybridized carbons (Fsp3) is 0.0714. The fourth-order valence-corrected chi connectivity index (χ4v) is 1.96. The van der Waals surface area contributed by atoms with Gasteiger partial charge in [0.15, 0.2) is 5.75 Å². The molecule has 7 heteroatoms. The van der Waals surface area contributed by atoms with E-state index in [4.69, 9.17) is 9.47 Å². The zero-order chi connectivity index (χ0) is 14.8. The molecule has 2 aromatic rings. The van der Waals surface area contributed by atoms with E-state index in [0.717, 1.165) is 0 Å². The number of para-hydroxylation sites is 1. The Balaban J connectivity index is 2.04. The van der Waals surface area contributed by atoms with Crippen LogP contribution >= 0.6 is 0 Å². The van der Waals surface area contributed by atoms with Gasteiger partial charge in [0.2, 0.25) is 12.5 Å². The molecule has 21 heavy (non-hydrogen) atoms. The van der Waals surface area contributed by atoms with Crippen LogP contribution in [0.3, 0.4) is 0 Å². The van der Waals surface area contributed by atoms with Crippen molar-refractivity contribution < 1.29 is 18.8 Å². The monoisotopic (exact) mass is 288 g/mol. The first-order valence-electron chi connectivity index (χ1n) is 6.02. The van der Waals surface area contributed by atoms with Crippen LogP contribution in [-0.2, 0) is 0 Å². The second-order valence-corrected chi connectivity index (χ2v) is 4.20. The van der Waals surface area contributed by atoms with Gasteiger partial charge in [-0.25, -0.2) is 4.39 Å². The molecule has 6 nitrogen and oxygen atoms in total. The van der Waals surface area contributed by atoms with Gasteiger partial charge in [-0.3, -0.25) is 15.1 Å². The summed E-state index contributed by atoms with van der Waals surface area (Å²) >= 11 is 0. The van der Waals surface area contributed by atoms with E-state index in [9.17, 15) is 14.5 Å². The minimum Gasteiger partial charge on any atom is -0.453 e. The molecule has 0 spiro atoms. The number of nitro groups is 1. The number of rotatable bonds is 3. The molecule has 0 aromatic heterocycles. The van der Waals surface area contributed by atoms with E-state index >= 15 is 0 Å². The highest BCUT2D eigenvalue weighted by molar-refractivity contribution is 5.90. The van der Waals surface area contributed by atoms with Crippen molar-refractivity contribution in [3.63, 3.8) is 0 Å². The van der Waals surface area contributed by atoms with E-state index in [1.807, 2.05) is 0 Å². The van der Waals surface area contributed by atoms with Gasteiger partial charge in [0.25, 0.3) is 0 Å². The summed E-state index contributed by atoms with van der Waals surface area (Å²) in [6.45, 7) is -0.0654. The molecule has 0 N–H and O–H groups in total. The lowest BCUT2D eigenvalue weighted by Gasteiger charge is -2.01. The van der Waals surface area contributed by atoms with Gasteiger partial charge in [0.05, 0.1) is 16.2 Å². The van der Waals surface area contributed by atoms with Gasteiger partial charge in [-0.15, -0.1) is 0 Å². The Hall–Kier alpha value is -2.96. The Kier molecular flexibility index (Phi) is 3.23. The van der Waals surface area contributed by atoms with Crippen molar-refractivity contribution in [3.05, 3.63) is 57.9 Å². The van der Waals surface area contributed by atoms with Crippen LogP contribution in [0.5, 0.6) is 11.5 Å². The third kappa shape index (κ3) is 2.40. The normalized spacial score (nSPS) is 12.8. The molecule has 1 aliphatic heterocycles. The summed E-state index contributed by atoms with van der Waals surface area (Å²) in [6.07, 6.45) is 1.23. The molecule has 0 fully saturated rings. The number of benzene rings is 2. The second-order valence-electron chi connectivity index (χ2n) is 4.20. The predicted molar refractivity (Wildman–Crippen MR) is 72.9 cm³/mol. The number of aliphatic imine (C=N–C) groups is 1. The summed E-state index contributed by atoms with van der Waals surface area (Å²) in [5.74, 6) is -0.126. The average molecular weight is 288 g/mol. The molecule has 3 rings (SSSR count). The molecule has 0 saturated carbocycles. The number of fused-ring (bicyclic) bond motifs is 1. The highest BCUT2D eigenvalue weighted by Gasteiger charge is 2.28. The predicted octanol–water partition coefficient (Wildman–Crippen LogP) is 3.21. The number of hydrogen-bond donors (Lipinski definition) is 0. The lowest BCUT2D eigenvalue weighted by atomic mass is 10.1. The van der Waals surface area contributed by atoms with Crippen LogP contribution in [0.2, 0.25) is 0 Å². The number of hydrogen-bond acceptors (Lipinski definition) is 5. The van der Waals surface area contributed by atoms with Gasteiger partial charge in [-0.1, -0.05) is 12.1 Å². The summed E-state index contributed by atoms with van der Waals surface area (Å²) < 4.78 is 23.7. The van der Waals surface area contributed by atoms with Gasteiger partial charge < -0.3 is 9.47 Å². The van der Waals surface area contributed by atoms with Crippen LogP contribution in [-0.4, -0.2) is 17.9 Å². The summed E-state index contributed by atoms with van der Waals surface area (Å²) in [7, 11) is 0. The van der Waals surface area contributed by atoms with Crippen LogP contribution in [0.1, 0.15) is 5.56 Å². The Morgan fingerprint density at radius 1 is 1.24 bits per heavy atom. The van der Waals surface area contributed by atoms with Gasteiger partial charge in [0.1, 0.15) is 5.82 Å². The Bertz CT molecular complexity index is 746. The maximum absolute atomic E-state index is 13.5. The molecular formula is C14H9FN2O4. The fourth-order valence-electron chi connectivity index (χ4n) is 1.96. The molecule has 1 heterocycles. The highest BCUT2D eigenvalue weighted by atomic mass is 19.1. The van der Waals surface area contributed by atoms with E-state index in [-0.39, 0.29) is 29.5 Å². The lowest BCUT2D eigenvalue weighted by Crippen LogP contribution is -1.98. The van der Waals surface area contributed by atoms with Crippen molar-refractivity contribution in [2.75, 3.05) is 6.79 Å². The Morgan fingerprint density at radius 3 is 2.81 bits per heavy atom. The van der Waals surface area contributed by atoms with Crippen molar-refractivity contribution >= 4 is 17.6 Å². The van der Waals surface area contributed by atoms with E-state index in [0.29, 0.717) is 5.75 Å². The van der Waals surface area contributed by atoms with Crippen molar-refractivity contribution in [2.24, 2.45) is 4.99 Å². The number of nitrogens with zero attached hydrogens (tertiary/aromatic N) is 2. The van der Waals surface area contributed by atoms with Gasteiger partial charge in [-0.05, 0) is 24.3 Å². The number of nitro benzene ring substituents is 1. The van der Waals surface area contributed by atoms with Crippen molar-refractivity contribution in [1.82, 2.24) is 0 Å². The molecule has 0 radical (unpaired) electrons. The summed E-state index contributed by atoms with van der Waals surface area (Å²) in [5.41, 5.74) is 0.0713. The molecule has 1 aliphatic rings. The smallest absolute Gasteiger partial charge is 0.323 e. The maximum atomic E-state index is 13.5. The minimum absolute atomic E-state index is 0.0654. The van der Waals surface area contributed by atoms with Crippen LogP contribution in [0.4, 0.5) is 15.8 Å². The summed E-state index contributed by atoms with van der Waals surface area (Å²) in [4.78, 5) is 14.6. The summed E-state index contributed by atoms with van der Waals surface area (Å²) in [6, 6.07) is 8.95. The average Bonchev–Trinajstić information content (AvgIpc) is 2.93. The van der Waals surface area contributed by atoms with Crippen molar-refractivity contribution in [3.8, 4) is 11.5 Å². The summed E-state index contributed by atoms with van der Waals surface area (Å²) in [5, 5.41) is 11.2. The van der Waals surface area contributed by atoms with E-state index in [2.05, 4.69) is 4.99 Å². The molecule has 0 saturated heterocycles. The largest absolute Gasteiger partial charge is 0.453 e. The zero-order valence-electron chi connectivity index (χ0n) is 10.7. The molecule has 0 unspecified atom stereocenters. The highest BCUT2D eigenvalue weighted by Crippen LogP contribution is 2.42. The van der Waals surface area contributed by atoms with E-state index in [1.54, 1.807) is 12.1 Å². The molecule has 0 atom stereocenters. The first-order valence-corrected chi connectivity index (χ1v) is 6.02. The van der Waals surface area contributed by atoms with Gasteiger partial charge in [-0.2, -0.15) is 0 Å². The van der Waals surface area contributed by atoms with Gasteiger partial charge >= 0.3 is 5.69 Å². The number of halogens is 1. The first kappa shape index (κ1) is 13.0. The van der Waals surface area contributed by atoms with E-state index in [1.165, 1.54) is 30.5 Å². The minimum atomic E-state index is -0.573. The second kappa shape index (κ2) is 5.20. The van der Waals surface area contributed by atoms with Crippen LogP contribution in [0.15, 0.2) is 41.4 Å². The molecular weight excluding hydrogens is 279 g/mol. The Morgan fingerprint density at radius 2 is 2.05 bits per heavy atom. The van der Waals surface area contributed by atoms with Crippen molar-refractivity contribution in [1.29, 1.82) is 0 Å². The standard InChI is InChI=1S/C14H9FN2O4/c15-10-3-1-2-4-11(10)16-7-9-5-6-12-14(21-8-20-12)13(9)17(18)19/h1-7H,8H2. The Labute approximate surface area is 118 Å². The van der Waals surface area contributed by atoms with E-state index < -0.39 is 10.7 Å². The first-order chi connectivity index (χ1) is 10.2. The quantitative estimate of drug-likeness (QED) is 0.494. The van der Waals surface area contributed by atoms with Crippen LogP contribution in [0.25, 0.3) is 0 Å². The third-order valence-corrected chi connectivity index (χ3v) is 2.92. The molecule has 0 amide bonds. The zero-order valence-corrected chi connectivity index (χ0v) is 10.7. The molecule has 2 aromatic carbocycles. The molecule has 0 aliphatic carbocycles. The van der Waals surface area contributed by atoms with Crippen molar-refractivity contribution in [2.45, 2.75) is 0 Å². The topological polar surface area (TPSA) is 74.0 Å². The maximum Gasteiger partial charge on any atom is 0.323 e. The van der Waals surface area contributed by atoms with Gasteiger partial charge in [0, 0.05) is 6.21 Å². The molecule has 0 bridgehead atoms. The van der Waals surface area contributed by atoms with Crippen LogP contribution < -0.4 is 9.47 Å². The van der Waals surface area contributed by atoms with Crippen LogP contribution in [0, 0.1) is 15.9 Å². The lowest BCUT2D eigenvalue weighted by molar-refractivity contribution is -0.385.